The molecule has 2 N–H and O–H groups in total. The molecule has 25 heavy (non-hydrogen) atoms. The van der Waals surface area contributed by atoms with Crippen LogP contribution in [0.1, 0.15) is 37.6 Å². The molecular weight excluding hydrogens is 310 g/mol. The SMILES string of the molecule is CCc1cc(N2CC3CCN([C@H](C)c4ccccc4)[C@H]3C2)nc(N)n1. The predicted molar refractivity (Wildman–Crippen MR) is 101 cm³/mol. The van der Waals surface area contributed by atoms with Gasteiger partial charge in [-0.1, -0.05) is 37.3 Å². The summed E-state index contributed by atoms with van der Waals surface area (Å²) in [5.41, 5.74) is 8.34. The number of nitrogens with zero attached hydrogens (tertiary/aromatic N) is 4. The molecule has 0 saturated carbocycles. The van der Waals surface area contributed by atoms with Crippen LogP contribution in [-0.4, -0.2) is 40.5 Å². The van der Waals surface area contributed by atoms with E-state index >= 15 is 0 Å². The average molecular weight is 337 g/mol. The number of rotatable bonds is 4. The summed E-state index contributed by atoms with van der Waals surface area (Å²) in [7, 11) is 0. The normalized spacial score (nSPS) is 24.5. The third kappa shape index (κ3) is 3.09. The van der Waals surface area contributed by atoms with Gasteiger partial charge in [0.15, 0.2) is 0 Å². The van der Waals surface area contributed by atoms with Gasteiger partial charge in [0.05, 0.1) is 0 Å². The Hall–Kier alpha value is -2.14. The number of likely N-dealkylation sites (tertiary alicyclic amines) is 1. The fraction of sp³-hybridized carbons (Fsp3) is 0.500. The number of hydrogen-bond acceptors (Lipinski definition) is 5. The molecule has 132 valence electrons. The van der Waals surface area contributed by atoms with E-state index in [0.717, 1.165) is 31.0 Å². The highest BCUT2D eigenvalue weighted by Gasteiger charge is 2.43. The summed E-state index contributed by atoms with van der Waals surface area (Å²) < 4.78 is 0. The lowest BCUT2D eigenvalue weighted by molar-refractivity contribution is 0.193. The van der Waals surface area contributed by atoms with Crippen LogP contribution in [0.2, 0.25) is 0 Å². The van der Waals surface area contributed by atoms with E-state index in [1.165, 1.54) is 18.5 Å². The van der Waals surface area contributed by atoms with E-state index < -0.39 is 0 Å². The van der Waals surface area contributed by atoms with Gasteiger partial charge in [0.25, 0.3) is 0 Å². The van der Waals surface area contributed by atoms with Gasteiger partial charge >= 0.3 is 0 Å². The van der Waals surface area contributed by atoms with E-state index in [1.54, 1.807) is 0 Å². The lowest BCUT2D eigenvalue weighted by Gasteiger charge is -2.31. The van der Waals surface area contributed by atoms with Gasteiger partial charge in [-0.15, -0.1) is 0 Å². The zero-order valence-electron chi connectivity index (χ0n) is 15.1. The maximum Gasteiger partial charge on any atom is 0.222 e. The van der Waals surface area contributed by atoms with Crippen LogP contribution in [0.3, 0.4) is 0 Å². The van der Waals surface area contributed by atoms with Crippen LogP contribution >= 0.6 is 0 Å². The van der Waals surface area contributed by atoms with Crippen LogP contribution < -0.4 is 10.6 Å². The predicted octanol–water partition coefficient (Wildman–Crippen LogP) is 2.89. The van der Waals surface area contributed by atoms with E-state index in [0.29, 0.717) is 23.9 Å². The molecule has 1 aromatic heterocycles. The number of anilines is 2. The standard InChI is InChI=1S/C20H27N5/c1-3-17-11-19(23-20(21)22-17)24-12-16-9-10-25(18(16)13-24)14(2)15-7-5-4-6-8-15/h4-8,11,14,16,18H,3,9-10,12-13H2,1-2H3,(H2,21,22,23)/t14-,16?,18+/m1/s1. The number of benzene rings is 1. The second-order valence-corrected chi connectivity index (χ2v) is 7.27. The minimum atomic E-state index is 0.390. The Morgan fingerprint density at radius 1 is 1.20 bits per heavy atom. The van der Waals surface area contributed by atoms with Gasteiger partial charge in [0.1, 0.15) is 5.82 Å². The van der Waals surface area contributed by atoms with Gasteiger partial charge < -0.3 is 10.6 Å². The summed E-state index contributed by atoms with van der Waals surface area (Å²) in [4.78, 5) is 13.9. The molecule has 2 saturated heterocycles. The Bertz CT molecular complexity index is 732. The summed E-state index contributed by atoms with van der Waals surface area (Å²) in [5.74, 6) is 2.10. The van der Waals surface area contributed by atoms with Crippen LogP contribution in [0.25, 0.3) is 0 Å². The first-order chi connectivity index (χ1) is 12.2. The molecular formula is C20H27N5. The Kier molecular flexibility index (Phi) is 4.34. The number of aromatic nitrogens is 2. The van der Waals surface area contributed by atoms with Crippen LogP contribution in [0.15, 0.2) is 36.4 Å². The van der Waals surface area contributed by atoms with Gasteiger partial charge in [-0.3, -0.25) is 4.90 Å². The first-order valence-electron chi connectivity index (χ1n) is 9.34. The Morgan fingerprint density at radius 2 is 2.00 bits per heavy atom. The number of fused-ring (bicyclic) bond motifs is 1. The highest BCUT2D eigenvalue weighted by Crippen LogP contribution is 2.38. The topological polar surface area (TPSA) is 58.3 Å². The lowest BCUT2D eigenvalue weighted by atomic mass is 10.0. The minimum absolute atomic E-state index is 0.390. The van der Waals surface area contributed by atoms with E-state index in [4.69, 9.17) is 5.73 Å². The average Bonchev–Trinajstić information content (AvgIpc) is 3.22. The Balaban J connectivity index is 1.52. The summed E-state index contributed by atoms with van der Waals surface area (Å²) in [5, 5.41) is 0. The quantitative estimate of drug-likeness (QED) is 0.930. The number of hydrogen-bond donors (Lipinski definition) is 1. The summed E-state index contributed by atoms with van der Waals surface area (Å²) in [6.07, 6.45) is 2.15. The van der Waals surface area contributed by atoms with Crippen molar-refractivity contribution >= 4 is 11.8 Å². The van der Waals surface area contributed by atoms with Crippen molar-refractivity contribution in [3.63, 3.8) is 0 Å². The molecule has 1 aromatic carbocycles. The molecule has 2 aromatic rings. The molecule has 2 fully saturated rings. The van der Waals surface area contributed by atoms with Crippen molar-refractivity contribution in [1.29, 1.82) is 0 Å². The van der Waals surface area contributed by atoms with Gasteiger partial charge in [-0.2, -0.15) is 4.98 Å². The summed E-state index contributed by atoms with van der Waals surface area (Å²) in [6, 6.07) is 14.0. The first-order valence-corrected chi connectivity index (χ1v) is 9.34. The third-order valence-electron chi connectivity index (χ3n) is 5.84. The van der Waals surface area contributed by atoms with Crippen molar-refractivity contribution in [3.05, 3.63) is 47.7 Å². The fourth-order valence-electron chi connectivity index (χ4n) is 4.43. The van der Waals surface area contributed by atoms with Crippen molar-refractivity contribution in [1.82, 2.24) is 14.9 Å². The van der Waals surface area contributed by atoms with Crippen LogP contribution in [0, 0.1) is 5.92 Å². The molecule has 0 spiro atoms. The second-order valence-electron chi connectivity index (χ2n) is 7.27. The summed E-state index contributed by atoms with van der Waals surface area (Å²) >= 11 is 0. The van der Waals surface area contributed by atoms with Crippen molar-refractivity contribution in [2.45, 2.75) is 38.8 Å². The van der Waals surface area contributed by atoms with Crippen LogP contribution in [-0.2, 0) is 6.42 Å². The zero-order chi connectivity index (χ0) is 17.4. The monoisotopic (exact) mass is 337 g/mol. The van der Waals surface area contributed by atoms with Gasteiger partial charge in [-0.05, 0) is 37.8 Å². The largest absolute Gasteiger partial charge is 0.368 e. The lowest BCUT2D eigenvalue weighted by Crippen LogP contribution is -2.37. The molecule has 2 aliphatic heterocycles. The Morgan fingerprint density at radius 3 is 2.76 bits per heavy atom. The molecule has 1 unspecified atom stereocenters. The van der Waals surface area contributed by atoms with E-state index in [-0.39, 0.29) is 0 Å². The molecule has 3 atom stereocenters. The molecule has 5 nitrogen and oxygen atoms in total. The molecule has 5 heteroatoms. The molecule has 3 heterocycles. The molecule has 4 rings (SSSR count). The van der Waals surface area contributed by atoms with Crippen molar-refractivity contribution in [2.75, 3.05) is 30.3 Å². The van der Waals surface area contributed by atoms with E-state index in [1.807, 2.05) is 0 Å². The highest BCUT2D eigenvalue weighted by atomic mass is 15.3. The molecule has 0 radical (unpaired) electrons. The Labute approximate surface area is 149 Å². The van der Waals surface area contributed by atoms with Crippen LogP contribution in [0.4, 0.5) is 11.8 Å². The second kappa shape index (κ2) is 6.64. The van der Waals surface area contributed by atoms with E-state index in [9.17, 15) is 0 Å². The highest BCUT2D eigenvalue weighted by molar-refractivity contribution is 5.45. The van der Waals surface area contributed by atoms with Crippen LogP contribution in [0.5, 0.6) is 0 Å². The van der Waals surface area contributed by atoms with Crippen molar-refractivity contribution in [2.24, 2.45) is 5.92 Å². The molecule has 2 aliphatic rings. The zero-order valence-corrected chi connectivity index (χ0v) is 15.1. The van der Waals surface area contributed by atoms with Crippen molar-refractivity contribution < 1.29 is 0 Å². The smallest absolute Gasteiger partial charge is 0.222 e. The first kappa shape index (κ1) is 16.3. The van der Waals surface area contributed by atoms with Crippen molar-refractivity contribution in [3.8, 4) is 0 Å². The van der Waals surface area contributed by atoms with E-state index in [2.05, 4.69) is 70.0 Å². The van der Waals surface area contributed by atoms with Gasteiger partial charge in [0, 0.05) is 36.9 Å². The summed E-state index contributed by atoms with van der Waals surface area (Å²) in [6.45, 7) is 7.72. The molecule has 0 amide bonds. The molecule has 0 bridgehead atoms. The van der Waals surface area contributed by atoms with Gasteiger partial charge in [-0.25, -0.2) is 4.98 Å². The number of nitrogen functional groups attached to an aromatic ring is 1. The number of aryl methyl sites for hydroxylation is 1. The molecule has 0 aliphatic carbocycles. The number of nitrogens with two attached hydrogens (primary N) is 1. The minimum Gasteiger partial charge on any atom is -0.368 e. The van der Waals surface area contributed by atoms with Gasteiger partial charge in [0.2, 0.25) is 5.95 Å². The third-order valence-corrected chi connectivity index (χ3v) is 5.84. The maximum atomic E-state index is 5.91. The maximum absolute atomic E-state index is 5.91. The fourth-order valence-corrected chi connectivity index (χ4v) is 4.43.